The largest absolute Gasteiger partial charge is 0.0885 e. The SMILES string of the molecule is CC1CCC=CCC(C)(C)CCC1. The Hall–Kier alpha value is -0.260. The van der Waals surface area contributed by atoms with Crippen molar-refractivity contribution in [1.29, 1.82) is 0 Å². The van der Waals surface area contributed by atoms with Gasteiger partial charge in [-0.2, -0.15) is 0 Å². The molecule has 0 heterocycles. The minimum Gasteiger partial charge on any atom is -0.0885 e. The molecule has 1 atom stereocenters. The van der Waals surface area contributed by atoms with E-state index >= 15 is 0 Å². The van der Waals surface area contributed by atoms with E-state index in [1.165, 1.54) is 38.5 Å². The molecule has 0 spiro atoms. The lowest BCUT2D eigenvalue weighted by atomic mass is 9.81. The van der Waals surface area contributed by atoms with Crippen molar-refractivity contribution < 1.29 is 0 Å². The molecule has 1 aliphatic carbocycles. The van der Waals surface area contributed by atoms with Gasteiger partial charge in [-0.3, -0.25) is 0 Å². The van der Waals surface area contributed by atoms with Gasteiger partial charge in [-0.1, -0.05) is 45.8 Å². The lowest BCUT2D eigenvalue weighted by molar-refractivity contribution is 0.307. The second-order valence-corrected chi connectivity index (χ2v) is 5.41. The molecule has 76 valence electrons. The van der Waals surface area contributed by atoms with Crippen molar-refractivity contribution >= 4 is 0 Å². The first-order valence-electron chi connectivity index (χ1n) is 5.75. The summed E-state index contributed by atoms with van der Waals surface area (Å²) in [7, 11) is 0. The van der Waals surface area contributed by atoms with Crippen LogP contribution in [0.5, 0.6) is 0 Å². The smallest absolute Gasteiger partial charge is 0.0299 e. The Morgan fingerprint density at radius 2 is 1.92 bits per heavy atom. The van der Waals surface area contributed by atoms with Gasteiger partial charge in [0.2, 0.25) is 0 Å². The molecule has 1 aliphatic rings. The van der Waals surface area contributed by atoms with Gasteiger partial charge in [0.15, 0.2) is 0 Å². The summed E-state index contributed by atoms with van der Waals surface area (Å²) < 4.78 is 0. The summed E-state index contributed by atoms with van der Waals surface area (Å²) in [5.74, 6) is 0.929. The monoisotopic (exact) mass is 180 g/mol. The van der Waals surface area contributed by atoms with Crippen LogP contribution in [0.1, 0.15) is 59.3 Å². The van der Waals surface area contributed by atoms with Crippen molar-refractivity contribution in [3.8, 4) is 0 Å². The van der Waals surface area contributed by atoms with Gasteiger partial charge in [0, 0.05) is 0 Å². The summed E-state index contributed by atoms with van der Waals surface area (Å²) in [6.45, 7) is 7.18. The zero-order valence-electron chi connectivity index (χ0n) is 9.47. The molecule has 0 amide bonds. The number of rotatable bonds is 0. The molecule has 0 heteroatoms. The van der Waals surface area contributed by atoms with Gasteiger partial charge in [-0.25, -0.2) is 0 Å². The van der Waals surface area contributed by atoms with Gasteiger partial charge in [0.05, 0.1) is 0 Å². The van der Waals surface area contributed by atoms with E-state index in [4.69, 9.17) is 0 Å². The fourth-order valence-electron chi connectivity index (χ4n) is 2.08. The van der Waals surface area contributed by atoms with Crippen molar-refractivity contribution in [1.82, 2.24) is 0 Å². The maximum Gasteiger partial charge on any atom is -0.0299 e. The predicted octanol–water partition coefficient (Wildman–Crippen LogP) is 4.56. The molecule has 13 heavy (non-hydrogen) atoms. The van der Waals surface area contributed by atoms with Crippen molar-refractivity contribution in [2.45, 2.75) is 59.3 Å². The Morgan fingerprint density at radius 3 is 2.69 bits per heavy atom. The molecule has 1 unspecified atom stereocenters. The van der Waals surface area contributed by atoms with Gasteiger partial charge in [-0.15, -0.1) is 0 Å². The normalized spacial score (nSPS) is 29.9. The van der Waals surface area contributed by atoms with Crippen LogP contribution < -0.4 is 0 Å². The summed E-state index contributed by atoms with van der Waals surface area (Å²) >= 11 is 0. The van der Waals surface area contributed by atoms with E-state index in [9.17, 15) is 0 Å². The number of allylic oxidation sites excluding steroid dienone is 2. The van der Waals surface area contributed by atoms with Crippen LogP contribution in [0.25, 0.3) is 0 Å². The zero-order valence-corrected chi connectivity index (χ0v) is 9.47. The fourth-order valence-corrected chi connectivity index (χ4v) is 2.08. The molecule has 0 saturated carbocycles. The molecule has 0 aliphatic heterocycles. The Kier molecular flexibility index (Phi) is 4.02. The van der Waals surface area contributed by atoms with E-state index in [1.54, 1.807) is 0 Å². The molecular formula is C13H24. The van der Waals surface area contributed by atoms with E-state index in [2.05, 4.69) is 32.9 Å². The first kappa shape index (κ1) is 10.8. The Labute approximate surface area is 83.4 Å². The molecule has 0 aromatic rings. The highest BCUT2D eigenvalue weighted by molar-refractivity contribution is 4.88. The molecule has 0 N–H and O–H groups in total. The number of hydrogen-bond donors (Lipinski definition) is 0. The van der Waals surface area contributed by atoms with Crippen molar-refractivity contribution in [2.75, 3.05) is 0 Å². The fraction of sp³-hybridized carbons (Fsp3) is 0.846. The maximum absolute atomic E-state index is 2.39. The van der Waals surface area contributed by atoms with E-state index < -0.39 is 0 Å². The average Bonchev–Trinajstić information content (AvgIpc) is 2.02. The molecule has 0 aromatic carbocycles. The second kappa shape index (κ2) is 4.83. The van der Waals surface area contributed by atoms with Crippen LogP contribution in [0.2, 0.25) is 0 Å². The summed E-state index contributed by atoms with van der Waals surface area (Å²) in [5, 5.41) is 0. The second-order valence-electron chi connectivity index (χ2n) is 5.41. The molecule has 0 fully saturated rings. The third-order valence-electron chi connectivity index (χ3n) is 3.21. The highest BCUT2D eigenvalue weighted by atomic mass is 14.2. The van der Waals surface area contributed by atoms with Crippen LogP contribution in [-0.2, 0) is 0 Å². The highest BCUT2D eigenvalue weighted by Crippen LogP contribution is 2.30. The van der Waals surface area contributed by atoms with Crippen LogP contribution in [0.4, 0.5) is 0 Å². The quantitative estimate of drug-likeness (QED) is 0.479. The van der Waals surface area contributed by atoms with Gasteiger partial charge in [0.25, 0.3) is 0 Å². The van der Waals surface area contributed by atoms with Crippen LogP contribution in [0.3, 0.4) is 0 Å². The van der Waals surface area contributed by atoms with Gasteiger partial charge in [0.1, 0.15) is 0 Å². The first-order valence-corrected chi connectivity index (χ1v) is 5.75. The lowest BCUT2D eigenvalue weighted by Gasteiger charge is -2.24. The molecular weight excluding hydrogens is 156 g/mol. The number of hydrogen-bond acceptors (Lipinski definition) is 0. The minimum atomic E-state index is 0.535. The Morgan fingerprint density at radius 1 is 1.15 bits per heavy atom. The van der Waals surface area contributed by atoms with Crippen LogP contribution in [0.15, 0.2) is 12.2 Å². The lowest BCUT2D eigenvalue weighted by Crippen LogP contribution is -2.11. The standard InChI is InChI=1S/C13H24/c1-12-8-5-4-6-10-13(2,3)11-7-9-12/h4,6,12H,5,7-11H2,1-3H3. The first-order chi connectivity index (χ1) is 6.10. The van der Waals surface area contributed by atoms with Gasteiger partial charge >= 0.3 is 0 Å². The van der Waals surface area contributed by atoms with E-state index in [-0.39, 0.29) is 0 Å². The summed E-state index contributed by atoms with van der Waals surface area (Å²) in [6, 6.07) is 0. The summed E-state index contributed by atoms with van der Waals surface area (Å²) in [6.07, 6.45) is 12.9. The molecule has 0 saturated heterocycles. The van der Waals surface area contributed by atoms with Crippen LogP contribution in [-0.4, -0.2) is 0 Å². The van der Waals surface area contributed by atoms with Gasteiger partial charge in [-0.05, 0) is 37.0 Å². The Bertz CT molecular complexity index is 165. The molecule has 0 bridgehead atoms. The van der Waals surface area contributed by atoms with Crippen molar-refractivity contribution in [3.05, 3.63) is 12.2 Å². The van der Waals surface area contributed by atoms with Crippen molar-refractivity contribution in [2.24, 2.45) is 11.3 Å². The molecule has 0 aromatic heterocycles. The molecule has 1 rings (SSSR count). The van der Waals surface area contributed by atoms with E-state index in [1.807, 2.05) is 0 Å². The van der Waals surface area contributed by atoms with Gasteiger partial charge < -0.3 is 0 Å². The predicted molar refractivity (Wildman–Crippen MR) is 59.8 cm³/mol. The molecule has 0 nitrogen and oxygen atoms in total. The molecule has 0 radical (unpaired) electrons. The van der Waals surface area contributed by atoms with E-state index in [0.29, 0.717) is 5.41 Å². The average molecular weight is 180 g/mol. The minimum absolute atomic E-state index is 0.535. The summed E-state index contributed by atoms with van der Waals surface area (Å²) in [5.41, 5.74) is 0.535. The van der Waals surface area contributed by atoms with Crippen LogP contribution >= 0.6 is 0 Å². The van der Waals surface area contributed by atoms with E-state index in [0.717, 1.165) is 5.92 Å². The summed E-state index contributed by atoms with van der Waals surface area (Å²) in [4.78, 5) is 0. The van der Waals surface area contributed by atoms with Crippen LogP contribution in [0, 0.1) is 11.3 Å². The maximum atomic E-state index is 2.39. The topological polar surface area (TPSA) is 0 Å². The highest BCUT2D eigenvalue weighted by Gasteiger charge is 2.16. The van der Waals surface area contributed by atoms with Crippen molar-refractivity contribution in [3.63, 3.8) is 0 Å². The third kappa shape index (κ3) is 4.50. The zero-order chi connectivity index (χ0) is 9.73. The third-order valence-corrected chi connectivity index (χ3v) is 3.21. The Balaban J connectivity index is 2.47.